The van der Waals surface area contributed by atoms with E-state index in [0.29, 0.717) is 28.7 Å². The lowest BCUT2D eigenvalue weighted by Gasteiger charge is -2.72. The summed E-state index contributed by atoms with van der Waals surface area (Å²) in [4.78, 5) is 27.9. The second kappa shape index (κ2) is 16.2. The van der Waals surface area contributed by atoms with Gasteiger partial charge in [-0.1, -0.05) is 77.8 Å². The quantitative estimate of drug-likeness (QED) is 0.0835. The van der Waals surface area contributed by atoms with Gasteiger partial charge in [-0.25, -0.2) is 10.0 Å². The molecule has 1 aromatic rings. The van der Waals surface area contributed by atoms with Gasteiger partial charge in [0.25, 0.3) is 5.91 Å². The van der Waals surface area contributed by atoms with E-state index in [1.807, 2.05) is 29.3 Å². The van der Waals surface area contributed by atoms with E-state index >= 15 is 0 Å². The SMILES string of the molecule is C=CC(=O)N(c1ccc(Cl)cc1)N(CCN(C)C)CC12CCC(C(C)C)=C1[C@H]1CC[C@@H]3[C@@]4(C)CC[C@H](OC(O)CC(C)(C)C(=O)O)C(C)(C)[C@@H]4CC[C@@]3(C)[C@]1(C)CC2. The zero-order valence-electron chi connectivity index (χ0n) is 37.8. The van der Waals surface area contributed by atoms with Crippen LogP contribution >= 0.6 is 11.6 Å². The lowest BCUT2D eigenvalue weighted by Crippen LogP contribution is -2.66. The van der Waals surface area contributed by atoms with Crippen LogP contribution < -0.4 is 5.01 Å². The average molecular weight is 823 g/mol. The Morgan fingerprint density at radius 2 is 1.60 bits per heavy atom. The van der Waals surface area contributed by atoms with E-state index in [0.717, 1.165) is 63.8 Å². The van der Waals surface area contributed by atoms with Gasteiger partial charge in [-0.15, -0.1) is 0 Å². The zero-order chi connectivity index (χ0) is 42.8. The van der Waals surface area contributed by atoms with Gasteiger partial charge in [0.2, 0.25) is 0 Å². The minimum absolute atomic E-state index is 0.0139. The maximum atomic E-state index is 13.9. The molecule has 0 saturated heterocycles. The van der Waals surface area contributed by atoms with Crippen LogP contribution in [0.25, 0.3) is 0 Å². The molecule has 2 N–H and O–H groups in total. The minimum atomic E-state index is -1.10. The minimum Gasteiger partial charge on any atom is -0.481 e. The molecule has 9 heteroatoms. The van der Waals surface area contributed by atoms with Crippen molar-refractivity contribution in [2.24, 2.45) is 56.2 Å². The summed E-state index contributed by atoms with van der Waals surface area (Å²) >= 11 is 6.35. The highest BCUT2D eigenvalue weighted by Crippen LogP contribution is 2.77. The van der Waals surface area contributed by atoms with Crippen molar-refractivity contribution in [2.45, 2.75) is 145 Å². The number of carbonyl (C=O) groups excluding carboxylic acids is 1. The number of amides is 1. The van der Waals surface area contributed by atoms with Crippen molar-refractivity contribution in [2.75, 3.05) is 38.7 Å². The van der Waals surface area contributed by atoms with Crippen LogP contribution in [-0.4, -0.2) is 78.1 Å². The summed E-state index contributed by atoms with van der Waals surface area (Å²) in [6, 6.07) is 7.65. The summed E-state index contributed by atoms with van der Waals surface area (Å²) in [6.45, 7) is 27.0. The fourth-order valence-electron chi connectivity index (χ4n) is 14.0. The molecule has 8 nitrogen and oxygen atoms in total. The lowest BCUT2D eigenvalue weighted by molar-refractivity contribution is -0.257. The van der Waals surface area contributed by atoms with Crippen molar-refractivity contribution in [1.29, 1.82) is 0 Å². The number of aliphatic hydroxyl groups excluding tert-OH is 1. The fraction of sp³-hybridized carbons (Fsp3) is 0.755. The van der Waals surface area contributed by atoms with Gasteiger partial charge >= 0.3 is 5.97 Å². The van der Waals surface area contributed by atoms with Crippen molar-refractivity contribution < 1.29 is 24.5 Å². The molecule has 6 rings (SSSR count). The third-order valence-electron chi connectivity index (χ3n) is 17.4. The molecule has 0 radical (unpaired) electrons. The highest BCUT2D eigenvalue weighted by molar-refractivity contribution is 6.30. The number of carboxylic acids is 1. The first-order valence-corrected chi connectivity index (χ1v) is 22.8. The molecule has 4 fully saturated rings. The van der Waals surface area contributed by atoms with E-state index in [4.69, 9.17) is 16.3 Å². The number of likely N-dealkylation sites (N-methyl/N-ethyl adjacent to an activating group) is 1. The molecule has 0 aliphatic heterocycles. The highest BCUT2D eigenvalue weighted by Gasteiger charge is 2.69. The number of hydrazine groups is 1. The molecule has 5 aliphatic rings. The molecule has 324 valence electrons. The van der Waals surface area contributed by atoms with Crippen LogP contribution in [0.1, 0.15) is 133 Å². The molecule has 58 heavy (non-hydrogen) atoms. The number of anilines is 1. The monoisotopic (exact) mass is 822 g/mol. The molecule has 0 aromatic heterocycles. The highest BCUT2D eigenvalue weighted by atomic mass is 35.5. The summed E-state index contributed by atoms with van der Waals surface area (Å²) in [6.07, 6.45) is 11.5. The number of aliphatic hydroxyl groups is 1. The topological polar surface area (TPSA) is 93.6 Å². The number of rotatable bonds is 14. The Bertz CT molecular complexity index is 1740. The molecular weight excluding hydrogens is 746 g/mol. The van der Waals surface area contributed by atoms with E-state index < -0.39 is 17.7 Å². The number of hydrogen-bond acceptors (Lipinski definition) is 6. The molecular formula is C49H76ClN3O5. The van der Waals surface area contributed by atoms with Gasteiger partial charge in [-0.3, -0.25) is 9.59 Å². The Labute approximate surface area is 355 Å². The van der Waals surface area contributed by atoms with Crippen LogP contribution in [0.15, 0.2) is 48.1 Å². The van der Waals surface area contributed by atoms with Gasteiger partial charge in [0.15, 0.2) is 6.29 Å². The van der Waals surface area contributed by atoms with Crippen LogP contribution in [0.4, 0.5) is 5.69 Å². The Kier molecular flexibility index (Phi) is 12.7. The van der Waals surface area contributed by atoms with Gasteiger partial charge in [0.1, 0.15) is 0 Å². The van der Waals surface area contributed by atoms with Crippen molar-refractivity contribution in [1.82, 2.24) is 9.91 Å². The van der Waals surface area contributed by atoms with Crippen molar-refractivity contribution >= 4 is 29.2 Å². The van der Waals surface area contributed by atoms with Crippen LogP contribution in [0.3, 0.4) is 0 Å². The van der Waals surface area contributed by atoms with Crippen LogP contribution in [0, 0.1) is 56.2 Å². The summed E-state index contributed by atoms with van der Waals surface area (Å²) in [5.74, 6) is 0.962. The lowest BCUT2D eigenvalue weighted by atomic mass is 9.33. The van der Waals surface area contributed by atoms with Gasteiger partial charge in [0, 0.05) is 36.5 Å². The van der Waals surface area contributed by atoms with E-state index in [9.17, 15) is 19.8 Å². The van der Waals surface area contributed by atoms with Gasteiger partial charge in [0.05, 0.1) is 17.2 Å². The second-order valence-corrected chi connectivity index (χ2v) is 22.3. The fourth-order valence-corrected chi connectivity index (χ4v) is 14.2. The number of nitrogens with zero attached hydrogens (tertiary/aromatic N) is 3. The van der Waals surface area contributed by atoms with Crippen molar-refractivity contribution in [3.63, 3.8) is 0 Å². The standard InChI is InChI=1S/C49H76ClN3O5/c1-13-40(54)53(34-16-14-33(50)15-17-34)52(29-28-51(11)12)31-49-25-20-35(32(2)3)42(49)36-18-19-38-46(8)23-22-39(58-41(55)30-44(4,5)43(56)57)45(6,7)37(46)21-24-48(38,10)47(36,9)26-27-49/h13-17,32,36-39,41,55H,1,18-31H2,2-12H3,(H,56,57)/t36-,37+,38-,39+,41?,46+,47-,48-,49?/m1/s1. The van der Waals surface area contributed by atoms with E-state index in [1.54, 1.807) is 25.0 Å². The number of hydrogen-bond donors (Lipinski definition) is 2. The van der Waals surface area contributed by atoms with Gasteiger partial charge < -0.3 is 19.8 Å². The Morgan fingerprint density at radius 1 is 0.931 bits per heavy atom. The van der Waals surface area contributed by atoms with Crippen molar-refractivity contribution in [3.05, 3.63) is 53.1 Å². The molecule has 5 aliphatic carbocycles. The third-order valence-corrected chi connectivity index (χ3v) is 17.6. The normalized spacial score (nSPS) is 35.0. The maximum absolute atomic E-state index is 13.9. The van der Waals surface area contributed by atoms with E-state index in [-0.39, 0.29) is 45.5 Å². The third kappa shape index (κ3) is 7.66. The maximum Gasteiger partial charge on any atom is 0.309 e. The molecule has 9 atom stereocenters. The Hall–Kier alpha value is -2.23. The van der Waals surface area contributed by atoms with Gasteiger partial charge in [-0.05, 0) is 168 Å². The number of fused-ring (bicyclic) bond motifs is 7. The summed E-state index contributed by atoms with van der Waals surface area (Å²) in [5, 5.41) is 25.6. The molecule has 0 heterocycles. The first kappa shape index (κ1) is 45.3. The number of aliphatic carboxylic acids is 1. The molecule has 1 amide bonds. The summed E-state index contributed by atoms with van der Waals surface area (Å²) in [7, 11) is 4.20. The molecule has 4 saturated carbocycles. The second-order valence-electron chi connectivity index (χ2n) is 21.8. The first-order valence-electron chi connectivity index (χ1n) is 22.4. The number of carbonyl (C=O) groups is 2. The largest absolute Gasteiger partial charge is 0.481 e. The van der Waals surface area contributed by atoms with Gasteiger partial charge in [-0.2, -0.15) is 0 Å². The van der Waals surface area contributed by atoms with Crippen LogP contribution in [0.5, 0.6) is 0 Å². The Balaban J connectivity index is 1.32. The average Bonchev–Trinajstić information content (AvgIpc) is 3.52. The van der Waals surface area contributed by atoms with E-state index in [1.165, 1.54) is 31.8 Å². The number of benzene rings is 1. The van der Waals surface area contributed by atoms with E-state index in [2.05, 4.69) is 79.0 Å². The first-order chi connectivity index (χ1) is 27.0. The molecule has 0 spiro atoms. The molecule has 0 bridgehead atoms. The summed E-state index contributed by atoms with van der Waals surface area (Å²) in [5.41, 5.74) is 3.44. The summed E-state index contributed by atoms with van der Waals surface area (Å²) < 4.78 is 6.42. The van der Waals surface area contributed by atoms with Crippen molar-refractivity contribution in [3.8, 4) is 0 Å². The predicted octanol–water partition coefficient (Wildman–Crippen LogP) is 10.6. The number of halogens is 1. The Morgan fingerprint density at radius 3 is 2.21 bits per heavy atom. The molecule has 1 aromatic carbocycles. The smallest absolute Gasteiger partial charge is 0.309 e. The predicted molar refractivity (Wildman–Crippen MR) is 235 cm³/mol. The molecule has 2 unspecified atom stereocenters. The number of allylic oxidation sites excluding steroid dienone is 1. The van der Waals surface area contributed by atoms with Crippen LogP contribution in [0.2, 0.25) is 5.02 Å². The number of carboxylic acid groups (broad SMARTS) is 1. The zero-order valence-corrected chi connectivity index (χ0v) is 38.6. The van der Waals surface area contributed by atoms with Crippen LogP contribution in [-0.2, 0) is 14.3 Å². The number of ether oxygens (including phenoxy) is 1.